The number of carbonyl (C=O) groups is 3. The van der Waals surface area contributed by atoms with Crippen LogP contribution in [0.25, 0.3) is 0 Å². The van der Waals surface area contributed by atoms with Crippen LogP contribution in [0.15, 0.2) is 66.7 Å². The van der Waals surface area contributed by atoms with Crippen LogP contribution in [0.1, 0.15) is 18.4 Å². The van der Waals surface area contributed by atoms with E-state index in [2.05, 4.69) is 5.32 Å². The molecule has 2 aromatic rings. The molecule has 2 fully saturated rings. The van der Waals surface area contributed by atoms with E-state index in [4.69, 9.17) is 9.47 Å². The van der Waals surface area contributed by atoms with Crippen molar-refractivity contribution in [2.45, 2.75) is 37.5 Å². The Bertz CT molecular complexity index is 997. The molecule has 2 amide bonds. The summed E-state index contributed by atoms with van der Waals surface area (Å²) in [5, 5.41) is 2.83. The number of amides is 2. The Morgan fingerprint density at radius 3 is 2.56 bits per heavy atom. The van der Waals surface area contributed by atoms with Gasteiger partial charge in [0, 0.05) is 12.3 Å². The Morgan fingerprint density at radius 1 is 1.16 bits per heavy atom. The van der Waals surface area contributed by atoms with E-state index in [1.165, 1.54) is 6.08 Å². The van der Waals surface area contributed by atoms with Gasteiger partial charge in [-0.15, -0.1) is 0 Å². The van der Waals surface area contributed by atoms with Gasteiger partial charge in [-0.05, 0) is 48.7 Å². The molecule has 2 aliphatic rings. The van der Waals surface area contributed by atoms with Crippen molar-refractivity contribution in [2.75, 3.05) is 18.6 Å². The quantitative estimate of drug-likeness (QED) is 0.510. The lowest BCUT2D eigenvalue weighted by molar-refractivity contribution is -0.131. The number of hydrogen-bond acceptors (Lipinski definition) is 5. The molecule has 32 heavy (non-hydrogen) atoms. The summed E-state index contributed by atoms with van der Waals surface area (Å²) in [4.78, 5) is 39.5. The minimum absolute atomic E-state index is 0.120. The maximum absolute atomic E-state index is 13.0. The van der Waals surface area contributed by atoms with Crippen LogP contribution < -0.4 is 15.0 Å². The third kappa shape index (κ3) is 4.73. The summed E-state index contributed by atoms with van der Waals surface area (Å²) in [6.45, 7) is 0.586. The fraction of sp³-hybridized carbons (Fsp3) is 0.320. The van der Waals surface area contributed by atoms with Crippen LogP contribution in [0.3, 0.4) is 0 Å². The number of anilines is 1. The second-order valence-corrected chi connectivity index (χ2v) is 7.87. The van der Waals surface area contributed by atoms with Crippen molar-refractivity contribution in [3.05, 3.63) is 72.3 Å². The SMILES string of the molecule is COc1ccc(N2C(=O)[C@@H](NC(=O)Cc3ccccc3)[C@H]2/C=C/C(=O)[C@@H]2CCCO2)cc1. The highest BCUT2D eigenvalue weighted by Gasteiger charge is 2.47. The maximum Gasteiger partial charge on any atom is 0.252 e. The number of β-lactam (4-membered cyclic amide) rings is 1. The van der Waals surface area contributed by atoms with Gasteiger partial charge in [-0.2, -0.15) is 0 Å². The molecular formula is C25H26N2O5. The first-order valence-electron chi connectivity index (χ1n) is 10.7. The van der Waals surface area contributed by atoms with Crippen molar-refractivity contribution >= 4 is 23.3 Å². The average molecular weight is 434 g/mol. The molecule has 0 aliphatic carbocycles. The summed E-state index contributed by atoms with van der Waals surface area (Å²) in [6, 6.07) is 15.2. The largest absolute Gasteiger partial charge is 0.497 e. The van der Waals surface area contributed by atoms with E-state index in [-0.39, 0.29) is 24.0 Å². The Kier molecular flexibility index (Phi) is 6.66. The zero-order chi connectivity index (χ0) is 22.5. The van der Waals surface area contributed by atoms with Gasteiger partial charge in [-0.25, -0.2) is 0 Å². The summed E-state index contributed by atoms with van der Waals surface area (Å²) in [6.07, 6.45) is 4.47. The number of benzene rings is 2. The smallest absolute Gasteiger partial charge is 0.252 e. The summed E-state index contributed by atoms with van der Waals surface area (Å²) < 4.78 is 10.6. The van der Waals surface area contributed by atoms with E-state index in [1.807, 2.05) is 30.3 Å². The number of ether oxygens (including phenoxy) is 2. The number of hydrogen-bond donors (Lipinski definition) is 1. The molecule has 166 valence electrons. The zero-order valence-corrected chi connectivity index (χ0v) is 17.9. The normalized spacial score (nSPS) is 22.6. The minimum Gasteiger partial charge on any atom is -0.497 e. The van der Waals surface area contributed by atoms with Gasteiger partial charge in [-0.3, -0.25) is 14.4 Å². The highest BCUT2D eigenvalue weighted by molar-refractivity contribution is 6.08. The first-order valence-corrected chi connectivity index (χ1v) is 10.7. The van der Waals surface area contributed by atoms with E-state index >= 15 is 0 Å². The molecular weight excluding hydrogens is 408 g/mol. The summed E-state index contributed by atoms with van der Waals surface area (Å²) in [5.41, 5.74) is 1.54. The third-order valence-electron chi connectivity index (χ3n) is 5.72. The number of rotatable bonds is 8. The van der Waals surface area contributed by atoms with E-state index in [1.54, 1.807) is 42.4 Å². The molecule has 0 saturated carbocycles. The number of ketones is 1. The van der Waals surface area contributed by atoms with Gasteiger partial charge in [-0.1, -0.05) is 36.4 Å². The van der Waals surface area contributed by atoms with Crippen LogP contribution in [0.5, 0.6) is 5.75 Å². The summed E-state index contributed by atoms with van der Waals surface area (Å²) in [7, 11) is 1.57. The van der Waals surface area contributed by atoms with Gasteiger partial charge in [0.05, 0.1) is 19.6 Å². The monoisotopic (exact) mass is 434 g/mol. The van der Waals surface area contributed by atoms with Crippen molar-refractivity contribution in [1.82, 2.24) is 5.32 Å². The van der Waals surface area contributed by atoms with E-state index in [0.29, 0.717) is 24.5 Å². The van der Waals surface area contributed by atoms with Crippen molar-refractivity contribution < 1.29 is 23.9 Å². The predicted octanol–water partition coefficient (Wildman–Crippen LogP) is 2.44. The molecule has 2 aromatic carbocycles. The third-order valence-corrected chi connectivity index (χ3v) is 5.72. The number of carbonyl (C=O) groups excluding carboxylic acids is 3. The highest BCUT2D eigenvalue weighted by atomic mass is 16.5. The topological polar surface area (TPSA) is 84.9 Å². The first-order chi connectivity index (χ1) is 15.6. The fourth-order valence-corrected chi connectivity index (χ4v) is 4.00. The molecule has 0 unspecified atom stereocenters. The number of nitrogens with zero attached hydrogens (tertiary/aromatic N) is 1. The molecule has 0 radical (unpaired) electrons. The molecule has 0 aromatic heterocycles. The van der Waals surface area contributed by atoms with E-state index in [9.17, 15) is 14.4 Å². The lowest BCUT2D eigenvalue weighted by Gasteiger charge is -2.45. The van der Waals surface area contributed by atoms with Crippen molar-refractivity contribution in [3.8, 4) is 5.75 Å². The van der Waals surface area contributed by atoms with Crippen molar-refractivity contribution in [1.29, 1.82) is 0 Å². The molecule has 2 saturated heterocycles. The molecule has 7 nitrogen and oxygen atoms in total. The molecule has 3 atom stereocenters. The van der Waals surface area contributed by atoms with E-state index < -0.39 is 18.2 Å². The number of nitrogens with one attached hydrogen (secondary N) is 1. The molecule has 1 N–H and O–H groups in total. The van der Waals surface area contributed by atoms with Crippen LogP contribution in [0.4, 0.5) is 5.69 Å². The second kappa shape index (κ2) is 9.78. The number of methoxy groups -OCH3 is 1. The van der Waals surface area contributed by atoms with Gasteiger partial charge in [0.15, 0.2) is 5.78 Å². The highest BCUT2D eigenvalue weighted by Crippen LogP contribution is 2.31. The zero-order valence-electron chi connectivity index (χ0n) is 17.9. The molecule has 2 aliphatic heterocycles. The van der Waals surface area contributed by atoms with Crippen molar-refractivity contribution in [3.63, 3.8) is 0 Å². The van der Waals surface area contributed by atoms with Gasteiger partial charge in [0.1, 0.15) is 17.9 Å². The Morgan fingerprint density at radius 2 is 1.91 bits per heavy atom. The summed E-state index contributed by atoms with van der Waals surface area (Å²) >= 11 is 0. The average Bonchev–Trinajstić information content (AvgIpc) is 3.36. The molecule has 4 rings (SSSR count). The first kappa shape index (κ1) is 21.8. The predicted molar refractivity (Wildman–Crippen MR) is 119 cm³/mol. The van der Waals surface area contributed by atoms with Gasteiger partial charge in [0.2, 0.25) is 5.91 Å². The molecule has 0 bridgehead atoms. The van der Waals surface area contributed by atoms with Gasteiger partial charge in [0.25, 0.3) is 5.91 Å². The lowest BCUT2D eigenvalue weighted by Crippen LogP contribution is -2.70. The van der Waals surface area contributed by atoms with Crippen LogP contribution >= 0.6 is 0 Å². The van der Waals surface area contributed by atoms with E-state index in [0.717, 1.165) is 12.0 Å². The molecule has 0 spiro atoms. The summed E-state index contributed by atoms with van der Waals surface area (Å²) in [5.74, 6) is 0.0876. The molecule has 7 heteroatoms. The van der Waals surface area contributed by atoms with Crippen LogP contribution in [0.2, 0.25) is 0 Å². The minimum atomic E-state index is -0.734. The Hall–Kier alpha value is -3.45. The second-order valence-electron chi connectivity index (χ2n) is 7.87. The Labute approximate surface area is 187 Å². The maximum atomic E-state index is 13.0. The molecule has 2 heterocycles. The Balaban J connectivity index is 1.50. The van der Waals surface area contributed by atoms with Crippen LogP contribution in [-0.4, -0.2) is 49.5 Å². The van der Waals surface area contributed by atoms with Crippen LogP contribution in [0, 0.1) is 0 Å². The van der Waals surface area contributed by atoms with Gasteiger partial charge < -0.3 is 19.7 Å². The van der Waals surface area contributed by atoms with Crippen molar-refractivity contribution in [2.24, 2.45) is 0 Å². The fourth-order valence-electron chi connectivity index (χ4n) is 4.00. The lowest BCUT2D eigenvalue weighted by atomic mass is 9.92. The standard InChI is InChI=1S/C25H26N2O5/c1-31-19-11-9-18(10-12-19)27-20(13-14-21(28)22-8-5-15-32-22)24(25(27)30)26-23(29)16-17-6-3-2-4-7-17/h2-4,6-7,9-14,20,22,24H,5,8,15-16H2,1H3,(H,26,29)/b14-13+/t20-,22+,24+/m1/s1. The van der Waals surface area contributed by atoms with Gasteiger partial charge >= 0.3 is 0 Å². The van der Waals surface area contributed by atoms with Crippen LogP contribution in [-0.2, 0) is 25.5 Å².